The maximum absolute atomic E-state index is 12.8. The van der Waals surface area contributed by atoms with Gasteiger partial charge in [-0.3, -0.25) is 14.6 Å². The van der Waals surface area contributed by atoms with Crippen molar-refractivity contribution in [2.45, 2.75) is 32.1 Å². The third kappa shape index (κ3) is 2.65. The van der Waals surface area contributed by atoms with Crippen LogP contribution in [0.4, 0.5) is 0 Å². The number of Topliss-reactive ketones (excluding diaryl/α,β-unsaturated/α-hetero) is 1. The molecule has 0 N–H and O–H groups in total. The molecule has 0 radical (unpaired) electrons. The Morgan fingerprint density at radius 1 is 1.27 bits per heavy atom. The summed E-state index contributed by atoms with van der Waals surface area (Å²) in [5.41, 5.74) is 2.88. The fourth-order valence-corrected chi connectivity index (χ4v) is 4.51. The van der Waals surface area contributed by atoms with Crippen LogP contribution in [0.5, 0.6) is 11.5 Å². The van der Waals surface area contributed by atoms with Crippen LogP contribution >= 0.6 is 15.9 Å². The number of benzene rings is 1. The molecule has 26 heavy (non-hydrogen) atoms. The average molecular weight is 420 g/mol. The summed E-state index contributed by atoms with van der Waals surface area (Å²) in [6, 6.07) is 3.67. The molecule has 0 spiro atoms. The molecule has 2 aliphatic heterocycles. The van der Waals surface area contributed by atoms with Crippen molar-refractivity contribution in [2.24, 2.45) is 10.9 Å². The molecule has 3 aliphatic rings. The van der Waals surface area contributed by atoms with E-state index in [0.29, 0.717) is 29.2 Å². The number of allylic oxidation sites excluding steroid dienone is 2. The fourth-order valence-electron chi connectivity index (χ4n) is 3.95. The molecule has 0 saturated carbocycles. The van der Waals surface area contributed by atoms with E-state index in [0.717, 1.165) is 28.6 Å². The zero-order chi connectivity index (χ0) is 18.4. The van der Waals surface area contributed by atoms with E-state index in [1.807, 2.05) is 19.1 Å². The van der Waals surface area contributed by atoms with Gasteiger partial charge in [-0.05, 0) is 37.5 Å². The minimum absolute atomic E-state index is 0.0472. The van der Waals surface area contributed by atoms with E-state index in [2.05, 4.69) is 20.9 Å². The summed E-state index contributed by atoms with van der Waals surface area (Å²) in [5.74, 6) is -0.196. The first-order valence-electron chi connectivity index (χ1n) is 8.49. The maximum Gasteiger partial charge on any atom is 0.315 e. The average Bonchev–Trinajstić information content (AvgIpc) is 3.06. The molecule has 1 unspecified atom stereocenters. The molecule has 7 heteroatoms. The second-order valence-corrected chi connectivity index (χ2v) is 7.45. The molecule has 1 aromatic rings. The molecule has 2 atom stereocenters. The molecular formula is C19H18BrNO5. The van der Waals surface area contributed by atoms with Crippen LogP contribution < -0.4 is 9.47 Å². The highest BCUT2D eigenvalue weighted by Gasteiger charge is 2.44. The second-order valence-electron chi connectivity index (χ2n) is 6.60. The van der Waals surface area contributed by atoms with Crippen LogP contribution in [0.25, 0.3) is 0 Å². The van der Waals surface area contributed by atoms with Crippen LogP contribution in [0.3, 0.4) is 0 Å². The first-order chi connectivity index (χ1) is 12.5. The molecule has 4 rings (SSSR count). The third-order valence-electron chi connectivity index (χ3n) is 5.12. The minimum Gasteiger partial charge on any atom is -0.468 e. The number of nitrogens with zero attached hydrogens (tertiary/aromatic N) is 1. The van der Waals surface area contributed by atoms with Gasteiger partial charge in [-0.25, -0.2) is 0 Å². The lowest BCUT2D eigenvalue weighted by molar-refractivity contribution is -0.143. The highest BCUT2D eigenvalue weighted by atomic mass is 79.9. The standard InChI is InChI=1S/C19H18BrNO5/c1-9-16(19(23)24-2)17(18-12(21-9)4-3-5-13(18)22)10-6-14-15(7-11(10)20)26-8-25-14/h6-7,16-17H,3-5,8H2,1-2H3/t16?,17-/m1/s1. The predicted molar refractivity (Wildman–Crippen MR) is 97.5 cm³/mol. The number of aliphatic imine (C=N–C) groups is 1. The van der Waals surface area contributed by atoms with E-state index < -0.39 is 17.8 Å². The number of esters is 1. The van der Waals surface area contributed by atoms with Crippen molar-refractivity contribution in [1.29, 1.82) is 0 Å². The van der Waals surface area contributed by atoms with Gasteiger partial charge in [0.25, 0.3) is 0 Å². The molecule has 0 saturated heterocycles. The Hall–Kier alpha value is -2.15. The summed E-state index contributed by atoms with van der Waals surface area (Å²) in [6.45, 7) is 1.97. The van der Waals surface area contributed by atoms with Gasteiger partial charge in [0.2, 0.25) is 6.79 Å². The van der Waals surface area contributed by atoms with Crippen LogP contribution in [0.2, 0.25) is 0 Å². The normalized spacial score (nSPS) is 24.3. The zero-order valence-corrected chi connectivity index (χ0v) is 16.1. The number of hydrogen-bond donors (Lipinski definition) is 0. The molecule has 136 valence electrons. The van der Waals surface area contributed by atoms with E-state index >= 15 is 0 Å². The Kier molecular flexibility index (Phi) is 4.34. The van der Waals surface area contributed by atoms with Crippen LogP contribution in [-0.4, -0.2) is 31.4 Å². The van der Waals surface area contributed by atoms with Crippen LogP contribution in [0.1, 0.15) is 37.7 Å². The third-order valence-corrected chi connectivity index (χ3v) is 5.80. The molecule has 1 aromatic carbocycles. The summed E-state index contributed by atoms with van der Waals surface area (Å²) in [4.78, 5) is 29.9. The highest BCUT2D eigenvalue weighted by Crippen LogP contribution is 2.48. The summed E-state index contributed by atoms with van der Waals surface area (Å²) >= 11 is 3.58. The predicted octanol–water partition coefficient (Wildman–Crippen LogP) is 3.53. The van der Waals surface area contributed by atoms with Gasteiger partial charge in [-0.15, -0.1) is 0 Å². The van der Waals surface area contributed by atoms with E-state index in [4.69, 9.17) is 14.2 Å². The van der Waals surface area contributed by atoms with Crippen LogP contribution in [0, 0.1) is 5.92 Å². The first-order valence-corrected chi connectivity index (χ1v) is 9.29. The summed E-state index contributed by atoms with van der Waals surface area (Å²) in [6.07, 6.45) is 2.00. The summed E-state index contributed by atoms with van der Waals surface area (Å²) < 4.78 is 16.7. The number of halogens is 1. The molecular weight excluding hydrogens is 402 g/mol. The number of hydrogen-bond acceptors (Lipinski definition) is 6. The number of carbonyl (C=O) groups is 2. The minimum atomic E-state index is -0.641. The Bertz CT molecular complexity index is 873. The molecule has 0 amide bonds. The molecule has 6 nitrogen and oxygen atoms in total. The van der Waals surface area contributed by atoms with Crippen molar-refractivity contribution >= 4 is 33.4 Å². The van der Waals surface area contributed by atoms with Gasteiger partial charge in [-0.2, -0.15) is 0 Å². The largest absolute Gasteiger partial charge is 0.468 e. The SMILES string of the molecule is COC(=O)C1C(C)=NC2=C(C(=O)CCC2)[C@@H]1c1cc2c(cc1Br)OCO2. The van der Waals surface area contributed by atoms with Gasteiger partial charge in [0.1, 0.15) is 5.92 Å². The highest BCUT2D eigenvalue weighted by molar-refractivity contribution is 9.10. The maximum atomic E-state index is 12.8. The number of methoxy groups -OCH3 is 1. The molecule has 0 fully saturated rings. The Morgan fingerprint density at radius 2 is 2.00 bits per heavy atom. The number of ether oxygens (including phenoxy) is 3. The lowest BCUT2D eigenvalue weighted by Crippen LogP contribution is -2.37. The molecule has 2 heterocycles. The monoisotopic (exact) mass is 419 g/mol. The summed E-state index contributed by atoms with van der Waals surface area (Å²) in [5, 5.41) is 0. The second kappa shape index (κ2) is 6.54. The van der Waals surface area contributed by atoms with Gasteiger partial charge in [0.05, 0.1) is 7.11 Å². The van der Waals surface area contributed by atoms with E-state index in [1.54, 1.807) is 0 Å². The number of ketones is 1. The smallest absolute Gasteiger partial charge is 0.315 e. The number of carbonyl (C=O) groups excluding carboxylic acids is 2. The van der Waals surface area contributed by atoms with Crippen LogP contribution in [0.15, 0.2) is 32.9 Å². The van der Waals surface area contributed by atoms with E-state index in [1.165, 1.54) is 7.11 Å². The topological polar surface area (TPSA) is 74.2 Å². The van der Waals surface area contributed by atoms with Crippen molar-refractivity contribution in [2.75, 3.05) is 13.9 Å². The summed E-state index contributed by atoms with van der Waals surface area (Å²) in [7, 11) is 1.36. The van der Waals surface area contributed by atoms with Crippen molar-refractivity contribution in [3.8, 4) is 11.5 Å². The first kappa shape index (κ1) is 17.3. The van der Waals surface area contributed by atoms with Crippen molar-refractivity contribution in [3.63, 3.8) is 0 Å². The number of fused-ring (bicyclic) bond motifs is 1. The van der Waals surface area contributed by atoms with Crippen molar-refractivity contribution < 1.29 is 23.8 Å². The Balaban J connectivity index is 1.92. The van der Waals surface area contributed by atoms with Crippen LogP contribution in [-0.2, 0) is 14.3 Å². The Morgan fingerprint density at radius 3 is 2.73 bits per heavy atom. The van der Waals surface area contributed by atoms with Gasteiger partial charge >= 0.3 is 5.97 Å². The molecule has 0 aromatic heterocycles. The lowest BCUT2D eigenvalue weighted by atomic mass is 9.71. The fraction of sp³-hybridized carbons (Fsp3) is 0.421. The van der Waals surface area contributed by atoms with Gasteiger partial charge in [-0.1, -0.05) is 15.9 Å². The van der Waals surface area contributed by atoms with Gasteiger partial charge in [0.15, 0.2) is 17.3 Å². The van der Waals surface area contributed by atoms with Gasteiger partial charge in [0, 0.05) is 33.8 Å². The Labute approximate surface area is 159 Å². The molecule has 0 bridgehead atoms. The number of rotatable bonds is 2. The lowest BCUT2D eigenvalue weighted by Gasteiger charge is -2.34. The van der Waals surface area contributed by atoms with E-state index in [9.17, 15) is 9.59 Å². The van der Waals surface area contributed by atoms with E-state index in [-0.39, 0.29) is 12.6 Å². The molecule has 1 aliphatic carbocycles. The zero-order valence-electron chi connectivity index (χ0n) is 14.5. The van der Waals surface area contributed by atoms with Crippen molar-refractivity contribution in [1.82, 2.24) is 0 Å². The van der Waals surface area contributed by atoms with Crippen molar-refractivity contribution in [3.05, 3.63) is 33.4 Å². The quantitative estimate of drug-likeness (QED) is 0.685. The van der Waals surface area contributed by atoms with Gasteiger partial charge < -0.3 is 14.2 Å².